The maximum absolute atomic E-state index is 14.7. The summed E-state index contributed by atoms with van der Waals surface area (Å²) in [5, 5.41) is 0. The summed E-state index contributed by atoms with van der Waals surface area (Å²) in [6.07, 6.45) is 2.42. The topological polar surface area (TPSA) is 9.23 Å². The second kappa shape index (κ2) is 14.2. The van der Waals surface area contributed by atoms with Crippen LogP contribution in [-0.2, 0) is 4.74 Å². The van der Waals surface area contributed by atoms with E-state index in [0.717, 1.165) is 12.8 Å². The van der Waals surface area contributed by atoms with Crippen LogP contribution in [0.4, 0.5) is 17.6 Å². The molecule has 0 spiro atoms. The normalized spacial score (nSPS) is 16.0. The summed E-state index contributed by atoms with van der Waals surface area (Å²) in [7, 11) is 0. The zero-order chi connectivity index (χ0) is 25.2. The van der Waals surface area contributed by atoms with Gasteiger partial charge in [0.05, 0.1) is 6.61 Å². The molecule has 1 nitrogen and oxygen atoms in total. The third kappa shape index (κ3) is 9.22. The van der Waals surface area contributed by atoms with Gasteiger partial charge in [-0.25, -0.2) is 13.2 Å². The smallest absolute Gasteiger partial charge is 0.200 e. The lowest BCUT2D eigenvalue weighted by atomic mass is 9.87. The minimum atomic E-state index is -1.18. The first kappa shape index (κ1) is 30.0. The number of hydrogen-bond donors (Lipinski definition) is 0. The summed E-state index contributed by atoms with van der Waals surface area (Å²) in [5.41, 5.74) is 0.135. The molecule has 0 rings (SSSR count). The first-order valence-electron chi connectivity index (χ1n) is 11.3. The van der Waals surface area contributed by atoms with Gasteiger partial charge in [0.25, 0.3) is 0 Å². The van der Waals surface area contributed by atoms with Crippen LogP contribution in [0.15, 0.2) is 72.1 Å². The number of allylic oxidation sites excluding steroid dienone is 7. The Labute approximate surface area is 192 Å². The first-order valence-corrected chi connectivity index (χ1v) is 11.3. The summed E-state index contributed by atoms with van der Waals surface area (Å²) in [6.45, 7) is 25.6. The van der Waals surface area contributed by atoms with E-state index < -0.39 is 35.1 Å². The molecule has 32 heavy (non-hydrogen) atoms. The van der Waals surface area contributed by atoms with Crippen molar-refractivity contribution in [3.63, 3.8) is 0 Å². The highest BCUT2D eigenvalue weighted by Gasteiger charge is 2.23. The molecule has 3 atom stereocenters. The van der Waals surface area contributed by atoms with Crippen LogP contribution in [0.2, 0.25) is 0 Å². The van der Waals surface area contributed by atoms with Crippen molar-refractivity contribution in [2.45, 2.75) is 67.2 Å². The fourth-order valence-corrected chi connectivity index (χ4v) is 3.04. The SMILES string of the molecule is C=C(OCC)/C(F)=C(/F)C(=C)C(C)CCC(C)C(=C)/C(F)=C(/F)C(=C)C(C)CCC(C)C. The van der Waals surface area contributed by atoms with E-state index in [-0.39, 0.29) is 35.0 Å². The van der Waals surface area contributed by atoms with E-state index in [4.69, 9.17) is 4.74 Å². The van der Waals surface area contributed by atoms with Crippen LogP contribution in [0.1, 0.15) is 67.2 Å². The van der Waals surface area contributed by atoms with Gasteiger partial charge in [0, 0.05) is 0 Å². The van der Waals surface area contributed by atoms with Gasteiger partial charge in [-0.1, -0.05) is 67.4 Å². The van der Waals surface area contributed by atoms with Gasteiger partial charge < -0.3 is 4.74 Å². The van der Waals surface area contributed by atoms with Crippen molar-refractivity contribution in [3.05, 3.63) is 72.1 Å². The zero-order valence-electron chi connectivity index (χ0n) is 20.6. The van der Waals surface area contributed by atoms with Crippen molar-refractivity contribution in [1.29, 1.82) is 0 Å². The Bertz CT molecular complexity index is 758. The van der Waals surface area contributed by atoms with E-state index >= 15 is 0 Å². The average Bonchev–Trinajstić information content (AvgIpc) is 2.76. The van der Waals surface area contributed by atoms with Crippen molar-refractivity contribution in [3.8, 4) is 0 Å². The van der Waals surface area contributed by atoms with Gasteiger partial charge >= 0.3 is 0 Å². The number of hydrogen-bond acceptors (Lipinski definition) is 1. The summed E-state index contributed by atoms with van der Waals surface area (Å²) in [6, 6.07) is 0. The molecule has 0 bridgehead atoms. The molecule has 0 aliphatic carbocycles. The zero-order valence-corrected chi connectivity index (χ0v) is 20.6. The molecule has 0 saturated heterocycles. The quantitative estimate of drug-likeness (QED) is 0.135. The molecular formula is C27H40F4O. The molecule has 0 N–H and O–H groups in total. The molecule has 182 valence electrons. The van der Waals surface area contributed by atoms with Gasteiger partial charge in [0.2, 0.25) is 0 Å². The first-order chi connectivity index (χ1) is 14.8. The Hall–Kier alpha value is -2.04. The monoisotopic (exact) mass is 456 g/mol. The second-order valence-electron chi connectivity index (χ2n) is 8.94. The predicted molar refractivity (Wildman–Crippen MR) is 127 cm³/mol. The van der Waals surface area contributed by atoms with E-state index in [0.29, 0.717) is 18.8 Å². The highest BCUT2D eigenvalue weighted by molar-refractivity contribution is 5.37. The van der Waals surface area contributed by atoms with Crippen LogP contribution in [-0.4, -0.2) is 6.61 Å². The standard InChI is InChI=1S/C27H40F4O/c1-11-32-23(10)27(31)26(30)22(9)19(6)15-14-18(5)21(8)25(29)24(28)20(7)17(4)13-12-16(2)3/h16-19H,7-15H2,1-6H3/b25-24-,27-26-. The summed E-state index contributed by atoms with van der Waals surface area (Å²) in [4.78, 5) is 0. The predicted octanol–water partition coefficient (Wildman–Crippen LogP) is 9.63. The molecule has 0 amide bonds. The molecule has 0 aliphatic heterocycles. The van der Waals surface area contributed by atoms with Crippen LogP contribution in [0.25, 0.3) is 0 Å². The van der Waals surface area contributed by atoms with Crippen LogP contribution in [0.3, 0.4) is 0 Å². The lowest BCUT2D eigenvalue weighted by Crippen LogP contribution is -2.08. The van der Waals surface area contributed by atoms with E-state index in [1.54, 1.807) is 20.8 Å². The Morgan fingerprint density at radius 3 is 1.22 bits per heavy atom. The molecule has 0 aromatic heterocycles. The van der Waals surface area contributed by atoms with Crippen LogP contribution in [0, 0.1) is 23.7 Å². The third-order valence-electron chi connectivity index (χ3n) is 5.79. The molecule has 5 heteroatoms. The molecule has 0 radical (unpaired) electrons. The van der Waals surface area contributed by atoms with Crippen molar-refractivity contribution >= 4 is 0 Å². The number of ether oxygens (including phenoxy) is 1. The molecule has 0 saturated carbocycles. The Kier molecular flexibility index (Phi) is 13.3. The Balaban J connectivity index is 5.09. The third-order valence-corrected chi connectivity index (χ3v) is 5.79. The van der Waals surface area contributed by atoms with Crippen LogP contribution in [0.5, 0.6) is 0 Å². The van der Waals surface area contributed by atoms with Crippen LogP contribution >= 0.6 is 0 Å². The average molecular weight is 457 g/mol. The molecule has 3 unspecified atom stereocenters. The van der Waals surface area contributed by atoms with Gasteiger partial charge in [-0.3, -0.25) is 0 Å². The maximum Gasteiger partial charge on any atom is 0.200 e. The number of halogens is 4. The van der Waals surface area contributed by atoms with Crippen molar-refractivity contribution in [1.82, 2.24) is 0 Å². The van der Waals surface area contributed by atoms with Gasteiger partial charge in [-0.2, -0.15) is 4.39 Å². The lowest BCUT2D eigenvalue weighted by Gasteiger charge is -2.20. The minimum absolute atomic E-state index is 0.0317. The molecule has 0 fully saturated rings. The summed E-state index contributed by atoms with van der Waals surface area (Å²) in [5.74, 6) is -5.14. The number of rotatable bonds is 15. The highest BCUT2D eigenvalue weighted by Crippen LogP contribution is 2.35. The molecule has 0 heterocycles. The Morgan fingerprint density at radius 2 is 0.906 bits per heavy atom. The van der Waals surface area contributed by atoms with Crippen molar-refractivity contribution in [2.75, 3.05) is 6.61 Å². The molecule has 0 aromatic rings. The van der Waals surface area contributed by atoms with Crippen LogP contribution < -0.4 is 0 Å². The van der Waals surface area contributed by atoms with E-state index in [1.807, 2.05) is 6.92 Å². The highest BCUT2D eigenvalue weighted by atomic mass is 19.2. The maximum atomic E-state index is 14.7. The molecule has 0 aromatic carbocycles. The summed E-state index contributed by atoms with van der Waals surface area (Å²) < 4.78 is 62.6. The van der Waals surface area contributed by atoms with Crippen molar-refractivity contribution in [2.24, 2.45) is 23.7 Å². The van der Waals surface area contributed by atoms with E-state index in [9.17, 15) is 17.6 Å². The summed E-state index contributed by atoms with van der Waals surface area (Å²) >= 11 is 0. The Morgan fingerprint density at radius 1 is 0.594 bits per heavy atom. The van der Waals surface area contributed by atoms with Gasteiger partial charge in [-0.15, -0.1) is 0 Å². The minimum Gasteiger partial charge on any atom is -0.491 e. The largest absolute Gasteiger partial charge is 0.491 e. The van der Waals surface area contributed by atoms with Gasteiger partial charge in [0.15, 0.2) is 29.1 Å². The molecule has 0 aliphatic rings. The van der Waals surface area contributed by atoms with Gasteiger partial charge in [0.1, 0.15) is 0 Å². The fourth-order valence-electron chi connectivity index (χ4n) is 3.04. The van der Waals surface area contributed by atoms with Gasteiger partial charge in [-0.05, 0) is 66.6 Å². The molecular weight excluding hydrogens is 416 g/mol. The second-order valence-corrected chi connectivity index (χ2v) is 8.94. The van der Waals surface area contributed by atoms with E-state index in [1.165, 1.54) is 0 Å². The van der Waals surface area contributed by atoms with Crippen molar-refractivity contribution < 1.29 is 22.3 Å². The van der Waals surface area contributed by atoms with E-state index in [2.05, 4.69) is 40.2 Å². The fraction of sp³-hybridized carbons (Fsp3) is 0.556. The lowest BCUT2D eigenvalue weighted by molar-refractivity contribution is 0.223.